The summed E-state index contributed by atoms with van der Waals surface area (Å²) in [5.74, 6) is 1.05. The number of hydrogen-bond donors (Lipinski definition) is 1. The number of halogens is 3. The first kappa shape index (κ1) is 15.2. The lowest BCUT2D eigenvalue weighted by molar-refractivity contribution is -0.146. The van der Waals surface area contributed by atoms with Crippen molar-refractivity contribution in [1.29, 1.82) is 0 Å². The van der Waals surface area contributed by atoms with Gasteiger partial charge < -0.3 is 10.6 Å². The molecule has 0 saturated carbocycles. The highest BCUT2D eigenvalue weighted by atomic mass is 32.2. The number of nitrogen functional groups attached to an aromatic ring is 1. The Balaban J connectivity index is 1.98. The number of rotatable bonds is 3. The van der Waals surface area contributed by atoms with E-state index in [0.29, 0.717) is 43.0 Å². The molecule has 0 aliphatic carbocycles. The Bertz CT molecular complexity index is 460. The van der Waals surface area contributed by atoms with Gasteiger partial charge in [0, 0.05) is 32.2 Å². The van der Waals surface area contributed by atoms with Crippen molar-refractivity contribution < 1.29 is 13.2 Å². The molecule has 2 N–H and O–H groups in total. The maximum atomic E-state index is 12.3. The third-order valence-corrected chi connectivity index (χ3v) is 3.54. The Hall–Kier alpha value is -1.22. The Morgan fingerprint density at radius 1 is 1.25 bits per heavy atom. The molecular weight excluding hydrogens is 291 g/mol. The monoisotopic (exact) mass is 307 g/mol. The van der Waals surface area contributed by atoms with Crippen molar-refractivity contribution in [2.24, 2.45) is 0 Å². The Kier molecular flexibility index (Phi) is 4.59. The van der Waals surface area contributed by atoms with Gasteiger partial charge in [0.1, 0.15) is 11.6 Å². The number of hydrogen-bond acceptors (Lipinski definition) is 6. The molecule has 1 aliphatic rings. The fraction of sp³-hybridized carbons (Fsp3) is 0.636. The second-order valence-electron chi connectivity index (χ2n) is 4.52. The van der Waals surface area contributed by atoms with Crippen LogP contribution in [0.15, 0.2) is 11.2 Å². The molecule has 0 atom stereocenters. The summed E-state index contributed by atoms with van der Waals surface area (Å²) in [6.45, 7) is 0.861. The minimum atomic E-state index is -4.15. The molecular formula is C11H16F3N5S. The summed E-state index contributed by atoms with van der Waals surface area (Å²) in [6.07, 6.45) is -2.30. The van der Waals surface area contributed by atoms with E-state index in [0.717, 1.165) is 0 Å². The summed E-state index contributed by atoms with van der Waals surface area (Å²) in [4.78, 5) is 11.7. The van der Waals surface area contributed by atoms with Crippen molar-refractivity contribution in [3.05, 3.63) is 6.07 Å². The van der Waals surface area contributed by atoms with E-state index in [9.17, 15) is 13.2 Å². The van der Waals surface area contributed by atoms with E-state index in [1.165, 1.54) is 16.7 Å². The topological polar surface area (TPSA) is 58.3 Å². The number of alkyl halides is 3. The summed E-state index contributed by atoms with van der Waals surface area (Å²) in [6, 6.07) is 1.65. The van der Waals surface area contributed by atoms with Crippen LogP contribution in [0.4, 0.5) is 24.8 Å². The molecule has 5 nitrogen and oxygen atoms in total. The fourth-order valence-electron chi connectivity index (χ4n) is 2.07. The summed E-state index contributed by atoms with van der Waals surface area (Å²) in [5, 5.41) is 0.567. The van der Waals surface area contributed by atoms with Crippen molar-refractivity contribution in [2.45, 2.75) is 11.3 Å². The van der Waals surface area contributed by atoms with Crippen molar-refractivity contribution in [2.75, 3.05) is 49.6 Å². The quantitative estimate of drug-likeness (QED) is 0.674. The van der Waals surface area contributed by atoms with Gasteiger partial charge in [-0.2, -0.15) is 13.2 Å². The summed E-state index contributed by atoms with van der Waals surface area (Å²) in [5.41, 5.74) is 5.70. The van der Waals surface area contributed by atoms with E-state index in [1.807, 2.05) is 11.2 Å². The molecule has 0 spiro atoms. The summed E-state index contributed by atoms with van der Waals surface area (Å²) < 4.78 is 37.0. The molecule has 1 fully saturated rings. The maximum absolute atomic E-state index is 12.3. The zero-order valence-electron chi connectivity index (χ0n) is 11.0. The molecule has 2 rings (SSSR count). The lowest BCUT2D eigenvalue weighted by Gasteiger charge is -2.35. The van der Waals surface area contributed by atoms with E-state index in [4.69, 9.17) is 5.73 Å². The van der Waals surface area contributed by atoms with Gasteiger partial charge in [0.25, 0.3) is 0 Å². The maximum Gasteiger partial charge on any atom is 0.401 e. The molecule has 9 heteroatoms. The van der Waals surface area contributed by atoms with Crippen molar-refractivity contribution in [3.8, 4) is 0 Å². The molecule has 0 bridgehead atoms. The molecule has 112 valence electrons. The van der Waals surface area contributed by atoms with Gasteiger partial charge in [-0.05, 0) is 6.26 Å². The van der Waals surface area contributed by atoms with Crippen LogP contribution in [0.3, 0.4) is 0 Å². The summed E-state index contributed by atoms with van der Waals surface area (Å²) >= 11 is 1.38. The molecule has 0 amide bonds. The van der Waals surface area contributed by atoms with Gasteiger partial charge in [-0.25, -0.2) is 9.97 Å². The van der Waals surface area contributed by atoms with Crippen LogP contribution in [-0.2, 0) is 0 Å². The van der Waals surface area contributed by atoms with Gasteiger partial charge in [0.15, 0.2) is 5.16 Å². The van der Waals surface area contributed by atoms with E-state index < -0.39 is 12.7 Å². The predicted octanol–water partition coefficient (Wildman–Crippen LogP) is 1.47. The molecule has 0 unspecified atom stereocenters. The minimum absolute atomic E-state index is 0.359. The highest BCUT2D eigenvalue weighted by Crippen LogP contribution is 2.22. The molecule has 1 aliphatic heterocycles. The Labute approximate surface area is 119 Å². The highest BCUT2D eigenvalue weighted by molar-refractivity contribution is 7.98. The largest absolute Gasteiger partial charge is 0.401 e. The average molecular weight is 307 g/mol. The highest BCUT2D eigenvalue weighted by Gasteiger charge is 2.32. The molecule has 0 radical (unpaired) electrons. The molecule has 1 saturated heterocycles. The van der Waals surface area contributed by atoms with Crippen LogP contribution in [-0.4, -0.2) is 60.0 Å². The Morgan fingerprint density at radius 2 is 1.90 bits per heavy atom. The number of thioether (sulfide) groups is 1. The second-order valence-corrected chi connectivity index (χ2v) is 5.29. The van der Waals surface area contributed by atoms with E-state index in [-0.39, 0.29) is 0 Å². The third-order valence-electron chi connectivity index (χ3n) is 2.99. The lowest BCUT2D eigenvalue weighted by atomic mass is 10.3. The van der Waals surface area contributed by atoms with Gasteiger partial charge in [-0.15, -0.1) is 0 Å². The molecule has 0 aromatic carbocycles. The fourth-order valence-corrected chi connectivity index (χ4v) is 2.45. The first-order valence-electron chi connectivity index (χ1n) is 6.10. The predicted molar refractivity (Wildman–Crippen MR) is 72.9 cm³/mol. The number of piperazine rings is 1. The van der Waals surface area contributed by atoms with Crippen LogP contribution in [0.1, 0.15) is 0 Å². The van der Waals surface area contributed by atoms with Crippen LogP contribution < -0.4 is 10.6 Å². The normalized spacial score (nSPS) is 17.5. The van der Waals surface area contributed by atoms with Gasteiger partial charge in [0.05, 0.1) is 6.54 Å². The van der Waals surface area contributed by atoms with Gasteiger partial charge in [0.2, 0.25) is 0 Å². The zero-order valence-corrected chi connectivity index (χ0v) is 11.8. The smallest absolute Gasteiger partial charge is 0.383 e. The first-order valence-corrected chi connectivity index (χ1v) is 7.32. The van der Waals surface area contributed by atoms with E-state index in [2.05, 4.69) is 9.97 Å². The van der Waals surface area contributed by atoms with E-state index in [1.54, 1.807) is 6.07 Å². The average Bonchev–Trinajstić information content (AvgIpc) is 2.37. The first-order chi connectivity index (χ1) is 9.37. The van der Waals surface area contributed by atoms with Gasteiger partial charge >= 0.3 is 6.18 Å². The zero-order chi connectivity index (χ0) is 14.8. The molecule has 2 heterocycles. The SMILES string of the molecule is CSc1nc(N)cc(N2CCN(CC(F)(F)F)CC2)n1. The molecule has 20 heavy (non-hydrogen) atoms. The minimum Gasteiger partial charge on any atom is -0.383 e. The lowest BCUT2D eigenvalue weighted by Crippen LogP contribution is -2.49. The van der Waals surface area contributed by atoms with Gasteiger partial charge in [-0.3, -0.25) is 4.90 Å². The third kappa shape index (κ3) is 4.14. The number of nitrogens with two attached hydrogens (primary N) is 1. The number of nitrogens with zero attached hydrogens (tertiary/aromatic N) is 4. The molecule has 1 aromatic heterocycles. The van der Waals surface area contributed by atoms with Crippen LogP contribution in [0.25, 0.3) is 0 Å². The Morgan fingerprint density at radius 3 is 2.45 bits per heavy atom. The van der Waals surface area contributed by atoms with E-state index >= 15 is 0 Å². The second kappa shape index (κ2) is 6.04. The van der Waals surface area contributed by atoms with Crippen molar-refractivity contribution in [3.63, 3.8) is 0 Å². The van der Waals surface area contributed by atoms with Crippen molar-refractivity contribution >= 4 is 23.4 Å². The van der Waals surface area contributed by atoms with Crippen molar-refractivity contribution in [1.82, 2.24) is 14.9 Å². The number of aromatic nitrogens is 2. The standard InChI is InChI=1S/C11H16F3N5S/c1-20-10-16-8(15)6-9(17-10)19-4-2-18(3-5-19)7-11(12,13)14/h6H,2-5,7H2,1H3,(H2,15,16,17). The van der Waals surface area contributed by atoms with Crippen LogP contribution in [0.2, 0.25) is 0 Å². The number of anilines is 2. The van der Waals surface area contributed by atoms with Gasteiger partial charge in [-0.1, -0.05) is 11.8 Å². The molecule has 1 aromatic rings. The van der Waals surface area contributed by atoms with Crippen LogP contribution in [0, 0.1) is 0 Å². The van der Waals surface area contributed by atoms with Crippen LogP contribution >= 0.6 is 11.8 Å². The van der Waals surface area contributed by atoms with Crippen LogP contribution in [0.5, 0.6) is 0 Å². The summed E-state index contributed by atoms with van der Waals surface area (Å²) in [7, 11) is 0.